The molecule has 0 saturated heterocycles. The van der Waals surface area contributed by atoms with Crippen LogP contribution in [0.3, 0.4) is 0 Å². The van der Waals surface area contributed by atoms with E-state index in [1.807, 2.05) is 25.1 Å². The molecule has 0 aliphatic carbocycles. The van der Waals surface area contributed by atoms with Crippen molar-refractivity contribution in [2.45, 2.75) is 45.8 Å². The maximum absolute atomic E-state index is 12.4. The van der Waals surface area contributed by atoms with Crippen LogP contribution >= 0.6 is 0 Å². The number of Topliss-reactive ketones (excluding diaryl/α,β-unsaturated/α-hetero) is 1. The van der Waals surface area contributed by atoms with Gasteiger partial charge in [0.15, 0.2) is 5.78 Å². The van der Waals surface area contributed by atoms with E-state index in [4.69, 9.17) is 4.74 Å². The molecule has 1 heterocycles. The normalized spacial score (nSPS) is 18.6. The number of benzene rings is 1. The number of carbonyl (C=O) groups excluding carboxylic acids is 3. The van der Waals surface area contributed by atoms with Gasteiger partial charge in [0.2, 0.25) is 0 Å². The summed E-state index contributed by atoms with van der Waals surface area (Å²) in [6.45, 7) is 7.09. The van der Waals surface area contributed by atoms with Crippen LogP contribution in [0, 0.1) is 5.92 Å². The molecule has 0 bridgehead atoms. The van der Waals surface area contributed by atoms with E-state index in [0.29, 0.717) is 5.56 Å². The molecule has 2 amide bonds. The summed E-state index contributed by atoms with van der Waals surface area (Å²) in [5.74, 6) is -0.624. The molecular formula is C19H23NO4. The maximum atomic E-state index is 12.4. The topological polar surface area (TPSA) is 63.7 Å². The zero-order valence-corrected chi connectivity index (χ0v) is 14.5. The van der Waals surface area contributed by atoms with Crippen molar-refractivity contribution < 1.29 is 19.1 Å². The molecule has 2 atom stereocenters. The number of rotatable bonds is 4. The fraction of sp³-hybridized carbons (Fsp3) is 0.421. The van der Waals surface area contributed by atoms with Gasteiger partial charge in [0.05, 0.1) is 6.04 Å². The minimum Gasteiger partial charge on any atom is -0.443 e. The van der Waals surface area contributed by atoms with Crippen LogP contribution in [0.2, 0.25) is 0 Å². The van der Waals surface area contributed by atoms with Gasteiger partial charge in [-0.3, -0.25) is 9.59 Å². The van der Waals surface area contributed by atoms with Gasteiger partial charge in [0.1, 0.15) is 5.60 Å². The Bertz CT molecular complexity index is 658. The lowest BCUT2D eigenvalue weighted by atomic mass is 9.93. The molecule has 2 rings (SSSR count). The first-order valence-corrected chi connectivity index (χ1v) is 8.01. The highest BCUT2D eigenvalue weighted by atomic mass is 16.6. The first kappa shape index (κ1) is 17.9. The van der Waals surface area contributed by atoms with Crippen LogP contribution in [-0.2, 0) is 9.53 Å². The predicted molar refractivity (Wildman–Crippen MR) is 90.6 cm³/mol. The van der Waals surface area contributed by atoms with E-state index in [1.165, 1.54) is 6.08 Å². The average Bonchev–Trinajstić information content (AvgIpc) is 2.88. The molecule has 1 aliphatic heterocycles. The molecule has 0 fully saturated rings. The summed E-state index contributed by atoms with van der Waals surface area (Å²) >= 11 is 0. The molecule has 1 aromatic carbocycles. The number of ketones is 1. The van der Waals surface area contributed by atoms with Crippen molar-refractivity contribution in [2.24, 2.45) is 5.92 Å². The largest absolute Gasteiger partial charge is 0.443 e. The number of hydrogen-bond acceptors (Lipinski definition) is 4. The summed E-state index contributed by atoms with van der Waals surface area (Å²) < 4.78 is 5.30. The van der Waals surface area contributed by atoms with Crippen LogP contribution in [0.4, 0.5) is 4.79 Å². The van der Waals surface area contributed by atoms with Gasteiger partial charge in [-0.1, -0.05) is 43.3 Å². The first-order valence-electron chi connectivity index (χ1n) is 8.01. The molecule has 0 saturated carbocycles. The van der Waals surface area contributed by atoms with Crippen LogP contribution in [0.15, 0.2) is 42.5 Å². The molecule has 2 unspecified atom stereocenters. The molecule has 1 aliphatic rings. The van der Waals surface area contributed by atoms with Gasteiger partial charge in [-0.15, -0.1) is 0 Å². The van der Waals surface area contributed by atoms with E-state index in [1.54, 1.807) is 39.0 Å². The Morgan fingerprint density at radius 2 is 1.83 bits per heavy atom. The lowest BCUT2D eigenvalue weighted by Gasteiger charge is -2.30. The van der Waals surface area contributed by atoms with Gasteiger partial charge >= 0.3 is 6.09 Å². The molecule has 0 radical (unpaired) electrons. The van der Waals surface area contributed by atoms with Crippen molar-refractivity contribution >= 4 is 17.8 Å². The summed E-state index contributed by atoms with van der Waals surface area (Å²) in [7, 11) is 0. The first-order chi connectivity index (χ1) is 11.2. The number of nitrogens with zero attached hydrogens (tertiary/aromatic N) is 1. The molecule has 0 aromatic heterocycles. The van der Waals surface area contributed by atoms with Gasteiger partial charge in [-0.25, -0.2) is 9.69 Å². The predicted octanol–water partition coefficient (Wildman–Crippen LogP) is 3.60. The van der Waals surface area contributed by atoms with Crippen molar-refractivity contribution in [3.8, 4) is 0 Å². The molecule has 1 aromatic rings. The third-order valence-corrected chi connectivity index (χ3v) is 3.75. The Morgan fingerprint density at radius 1 is 1.21 bits per heavy atom. The minimum absolute atomic E-state index is 0.0139. The highest BCUT2D eigenvalue weighted by Gasteiger charge is 2.38. The fourth-order valence-electron chi connectivity index (χ4n) is 2.62. The Balaban J connectivity index is 2.08. The molecule has 128 valence electrons. The smallest absolute Gasteiger partial charge is 0.417 e. The van der Waals surface area contributed by atoms with Gasteiger partial charge in [-0.2, -0.15) is 0 Å². The van der Waals surface area contributed by atoms with E-state index in [9.17, 15) is 14.4 Å². The second-order valence-corrected chi connectivity index (χ2v) is 7.01. The number of hydrogen-bond donors (Lipinski definition) is 0. The van der Waals surface area contributed by atoms with Crippen LogP contribution in [-0.4, -0.2) is 34.3 Å². The molecule has 24 heavy (non-hydrogen) atoms. The zero-order valence-electron chi connectivity index (χ0n) is 14.5. The summed E-state index contributed by atoms with van der Waals surface area (Å²) in [5.41, 5.74) is -0.0605. The van der Waals surface area contributed by atoms with E-state index >= 15 is 0 Å². The average molecular weight is 329 g/mol. The third-order valence-electron chi connectivity index (χ3n) is 3.75. The van der Waals surface area contributed by atoms with E-state index < -0.39 is 23.6 Å². The van der Waals surface area contributed by atoms with Crippen molar-refractivity contribution in [2.75, 3.05) is 0 Å². The minimum atomic E-state index is -0.687. The molecule has 5 nitrogen and oxygen atoms in total. The van der Waals surface area contributed by atoms with Crippen molar-refractivity contribution in [3.05, 3.63) is 48.0 Å². The van der Waals surface area contributed by atoms with Gasteiger partial charge in [-0.05, 0) is 26.7 Å². The van der Waals surface area contributed by atoms with Crippen LogP contribution in [0.25, 0.3) is 0 Å². The molecule has 0 spiro atoms. The third kappa shape index (κ3) is 4.31. The van der Waals surface area contributed by atoms with Gasteiger partial charge < -0.3 is 4.74 Å². The second kappa shape index (κ2) is 6.99. The maximum Gasteiger partial charge on any atom is 0.417 e. The molecular weight excluding hydrogens is 306 g/mol. The Kier molecular flexibility index (Phi) is 5.22. The Morgan fingerprint density at radius 3 is 2.42 bits per heavy atom. The SMILES string of the molecule is CC(CC(=O)c1ccccc1)C1C=CC(=O)N1C(=O)OC(C)(C)C. The highest BCUT2D eigenvalue weighted by Crippen LogP contribution is 2.25. The number of imide groups is 1. The van der Waals surface area contributed by atoms with Crippen LogP contribution in [0.5, 0.6) is 0 Å². The van der Waals surface area contributed by atoms with E-state index in [2.05, 4.69) is 0 Å². The van der Waals surface area contributed by atoms with Gasteiger partial charge in [0, 0.05) is 18.1 Å². The number of ether oxygens (including phenoxy) is 1. The lowest BCUT2D eigenvalue weighted by Crippen LogP contribution is -2.45. The zero-order chi connectivity index (χ0) is 17.9. The number of carbonyl (C=O) groups is 3. The van der Waals surface area contributed by atoms with Crippen LogP contribution in [0.1, 0.15) is 44.5 Å². The van der Waals surface area contributed by atoms with E-state index in [0.717, 1.165) is 4.90 Å². The molecule has 5 heteroatoms. The summed E-state index contributed by atoms with van der Waals surface area (Å²) in [6.07, 6.45) is 2.58. The van der Waals surface area contributed by atoms with E-state index in [-0.39, 0.29) is 18.1 Å². The summed E-state index contributed by atoms with van der Waals surface area (Å²) in [4.78, 5) is 37.8. The molecule has 0 N–H and O–H groups in total. The van der Waals surface area contributed by atoms with Crippen molar-refractivity contribution in [3.63, 3.8) is 0 Å². The summed E-state index contributed by atoms with van der Waals surface area (Å²) in [6, 6.07) is 8.52. The number of amides is 2. The standard InChI is InChI=1S/C19H23NO4/c1-13(12-16(21)14-8-6-5-7-9-14)15-10-11-17(22)20(15)18(23)24-19(2,3)4/h5-11,13,15H,12H2,1-4H3. The second-order valence-electron chi connectivity index (χ2n) is 7.01. The van der Waals surface area contributed by atoms with Crippen LogP contribution < -0.4 is 0 Å². The highest BCUT2D eigenvalue weighted by molar-refractivity contribution is 6.02. The Labute approximate surface area is 142 Å². The van der Waals surface area contributed by atoms with Crippen molar-refractivity contribution in [1.82, 2.24) is 4.90 Å². The summed E-state index contributed by atoms with van der Waals surface area (Å²) in [5, 5.41) is 0. The van der Waals surface area contributed by atoms with Crippen molar-refractivity contribution in [1.29, 1.82) is 0 Å². The monoisotopic (exact) mass is 329 g/mol. The Hall–Kier alpha value is -2.43. The lowest BCUT2D eigenvalue weighted by molar-refractivity contribution is -0.125. The quantitative estimate of drug-likeness (QED) is 0.792. The van der Waals surface area contributed by atoms with Gasteiger partial charge in [0.25, 0.3) is 5.91 Å². The fourth-order valence-corrected chi connectivity index (χ4v) is 2.62.